The fourth-order valence-corrected chi connectivity index (χ4v) is 7.03. The molecule has 32 heavy (non-hydrogen) atoms. The maximum Gasteiger partial charge on any atom is 0.243 e. The molecule has 172 valence electrons. The van der Waals surface area contributed by atoms with Crippen LogP contribution in [0.1, 0.15) is 54.7 Å². The first kappa shape index (κ1) is 23.1. The van der Waals surface area contributed by atoms with E-state index in [1.54, 1.807) is 38.8 Å². The molecule has 6 nitrogen and oxygen atoms in total. The maximum absolute atomic E-state index is 13.0. The van der Waals surface area contributed by atoms with Gasteiger partial charge in [-0.05, 0) is 62.6 Å². The van der Waals surface area contributed by atoms with Crippen molar-refractivity contribution in [3.63, 3.8) is 0 Å². The Hall–Kier alpha value is -2.03. The second-order valence-electron chi connectivity index (χ2n) is 8.48. The third-order valence-electron chi connectivity index (χ3n) is 6.18. The molecule has 1 fully saturated rings. The van der Waals surface area contributed by atoms with Crippen molar-refractivity contribution < 1.29 is 13.2 Å². The van der Waals surface area contributed by atoms with E-state index < -0.39 is 10.0 Å². The van der Waals surface area contributed by atoms with Crippen LogP contribution < -0.4 is 4.90 Å². The molecular formula is C24H31N3O3S2. The largest absolute Gasteiger partial charge is 0.284 e. The van der Waals surface area contributed by atoms with Crippen LogP contribution in [0.2, 0.25) is 0 Å². The highest BCUT2D eigenvalue weighted by Crippen LogP contribution is 2.32. The smallest absolute Gasteiger partial charge is 0.243 e. The van der Waals surface area contributed by atoms with Gasteiger partial charge in [0.25, 0.3) is 0 Å². The molecule has 0 spiro atoms. The van der Waals surface area contributed by atoms with Crippen LogP contribution in [0.5, 0.6) is 0 Å². The topological polar surface area (TPSA) is 70.6 Å². The van der Waals surface area contributed by atoms with E-state index >= 15 is 0 Å². The standard InChI is InChI=1S/C24H31N3O3S2/c1-2-16-27(24-25-21-8-4-5-9-22(21)31-24)23(28)15-12-19-10-13-20(14-11-19)32(29,30)26-17-6-3-7-18-26/h2,10-11,13-14H,1,3-9,12,15-18H2. The van der Waals surface area contributed by atoms with Gasteiger partial charge in [0.05, 0.1) is 10.6 Å². The van der Waals surface area contributed by atoms with Crippen molar-refractivity contribution in [2.24, 2.45) is 0 Å². The predicted octanol–water partition coefficient (Wildman–Crippen LogP) is 4.35. The van der Waals surface area contributed by atoms with Gasteiger partial charge in [-0.25, -0.2) is 13.4 Å². The number of thiazole rings is 1. The number of sulfonamides is 1. The van der Waals surface area contributed by atoms with Crippen molar-refractivity contribution in [2.75, 3.05) is 24.5 Å². The van der Waals surface area contributed by atoms with Crippen LogP contribution in [-0.2, 0) is 34.1 Å². The van der Waals surface area contributed by atoms with E-state index in [0.717, 1.165) is 54.9 Å². The van der Waals surface area contributed by atoms with Gasteiger partial charge in [0.15, 0.2) is 5.13 Å². The zero-order valence-corrected chi connectivity index (χ0v) is 20.1. The van der Waals surface area contributed by atoms with E-state index in [9.17, 15) is 13.2 Å². The van der Waals surface area contributed by atoms with Crippen LogP contribution in [0, 0.1) is 0 Å². The molecule has 2 heterocycles. The quantitative estimate of drug-likeness (QED) is 0.535. The summed E-state index contributed by atoms with van der Waals surface area (Å²) < 4.78 is 27.2. The summed E-state index contributed by atoms with van der Waals surface area (Å²) in [7, 11) is -3.43. The molecule has 1 aliphatic carbocycles. The van der Waals surface area contributed by atoms with E-state index in [4.69, 9.17) is 4.98 Å². The van der Waals surface area contributed by atoms with Crippen LogP contribution in [0.4, 0.5) is 5.13 Å². The van der Waals surface area contributed by atoms with Crippen molar-refractivity contribution in [1.29, 1.82) is 0 Å². The minimum absolute atomic E-state index is 0.0148. The summed E-state index contributed by atoms with van der Waals surface area (Å²) in [6.07, 6.45) is 9.96. The van der Waals surface area contributed by atoms with Gasteiger partial charge in [0, 0.05) is 30.9 Å². The average Bonchev–Trinajstić information content (AvgIpc) is 3.25. The lowest BCUT2D eigenvalue weighted by Crippen LogP contribution is -2.35. The molecule has 1 saturated heterocycles. The molecule has 1 aromatic heterocycles. The van der Waals surface area contributed by atoms with Gasteiger partial charge in [-0.1, -0.05) is 24.6 Å². The minimum Gasteiger partial charge on any atom is -0.284 e. The number of carbonyl (C=O) groups excluding carboxylic acids is 1. The number of carbonyl (C=O) groups is 1. The molecule has 1 amide bonds. The molecule has 0 saturated carbocycles. The first-order chi connectivity index (χ1) is 15.5. The molecule has 8 heteroatoms. The number of benzene rings is 1. The second-order valence-corrected chi connectivity index (χ2v) is 11.5. The zero-order chi connectivity index (χ0) is 22.6. The Morgan fingerprint density at radius 2 is 1.81 bits per heavy atom. The van der Waals surface area contributed by atoms with Gasteiger partial charge < -0.3 is 0 Å². The predicted molar refractivity (Wildman–Crippen MR) is 129 cm³/mol. The third kappa shape index (κ3) is 5.13. The van der Waals surface area contributed by atoms with Crippen LogP contribution >= 0.6 is 11.3 Å². The summed E-state index contributed by atoms with van der Waals surface area (Å²) in [4.78, 5) is 21.1. The Bertz CT molecular complexity index is 1030. The number of amides is 1. The molecule has 0 unspecified atom stereocenters. The average molecular weight is 474 g/mol. The van der Waals surface area contributed by atoms with Crippen LogP contribution in [0.15, 0.2) is 41.8 Å². The highest BCUT2D eigenvalue weighted by atomic mass is 32.2. The summed E-state index contributed by atoms with van der Waals surface area (Å²) in [5.41, 5.74) is 2.09. The van der Waals surface area contributed by atoms with Gasteiger partial charge in [-0.2, -0.15) is 4.31 Å². The highest BCUT2D eigenvalue weighted by Gasteiger charge is 2.26. The number of aryl methyl sites for hydroxylation is 3. The third-order valence-corrected chi connectivity index (χ3v) is 9.27. The van der Waals surface area contributed by atoms with Crippen molar-refractivity contribution in [2.45, 2.75) is 62.7 Å². The fraction of sp³-hybridized carbons (Fsp3) is 0.500. The highest BCUT2D eigenvalue weighted by molar-refractivity contribution is 7.89. The number of aromatic nitrogens is 1. The monoisotopic (exact) mass is 473 g/mol. The normalized spacial score (nSPS) is 17.0. The van der Waals surface area contributed by atoms with Crippen molar-refractivity contribution in [3.05, 3.63) is 53.1 Å². The molecule has 0 atom stereocenters. The number of hydrogen-bond donors (Lipinski definition) is 0. The first-order valence-corrected chi connectivity index (χ1v) is 13.7. The lowest BCUT2D eigenvalue weighted by atomic mass is 10.0. The Balaban J connectivity index is 1.40. The van der Waals surface area contributed by atoms with E-state index in [-0.39, 0.29) is 5.91 Å². The Kier molecular flexibility index (Phi) is 7.43. The number of rotatable bonds is 8. The van der Waals surface area contributed by atoms with Gasteiger partial charge in [-0.15, -0.1) is 17.9 Å². The molecule has 1 aromatic carbocycles. The van der Waals surface area contributed by atoms with Crippen molar-refractivity contribution >= 4 is 32.4 Å². The number of anilines is 1. The van der Waals surface area contributed by atoms with Gasteiger partial charge in [-0.3, -0.25) is 9.69 Å². The zero-order valence-electron chi connectivity index (χ0n) is 18.5. The maximum atomic E-state index is 13.0. The lowest BCUT2D eigenvalue weighted by molar-refractivity contribution is -0.118. The van der Waals surface area contributed by atoms with E-state index in [1.807, 2.05) is 12.1 Å². The molecule has 2 aliphatic rings. The van der Waals surface area contributed by atoms with Gasteiger partial charge >= 0.3 is 0 Å². The van der Waals surface area contributed by atoms with E-state index in [0.29, 0.717) is 37.4 Å². The SMILES string of the molecule is C=CCN(C(=O)CCc1ccc(S(=O)(=O)N2CCCCC2)cc1)c1nc2c(s1)CCCC2. The van der Waals surface area contributed by atoms with Gasteiger partial charge in [0.2, 0.25) is 15.9 Å². The molecule has 0 N–H and O–H groups in total. The Morgan fingerprint density at radius 1 is 1.09 bits per heavy atom. The molecular weight excluding hydrogens is 442 g/mol. The molecule has 0 bridgehead atoms. The summed E-state index contributed by atoms with van der Waals surface area (Å²) in [6, 6.07) is 6.98. The van der Waals surface area contributed by atoms with Gasteiger partial charge in [0.1, 0.15) is 0 Å². The number of fused-ring (bicyclic) bond motifs is 1. The molecule has 2 aromatic rings. The summed E-state index contributed by atoms with van der Waals surface area (Å²) in [6.45, 7) is 5.43. The molecule has 4 rings (SSSR count). The van der Waals surface area contributed by atoms with Crippen LogP contribution in [0.25, 0.3) is 0 Å². The van der Waals surface area contributed by atoms with Crippen molar-refractivity contribution in [3.8, 4) is 0 Å². The molecule has 0 radical (unpaired) electrons. The first-order valence-electron chi connectivity index (χ1n) is 11.5. The number of nitrogens with zero attached hydrogens (tertiary/aromatic N) is 3. The summed E-state index contributed by atoms with van der Waals surface area (Å²) >= 11 is 1.63. The fourth-order valence-electron chi connectivity index (χ4n) is 4.34. The number of piperidine rings is 1. The minimum atomic E-state index is -3.43. The van der Waals surface area contributed by atoms with E-state index in [2.05, 4.69) is 6.58 Å². The molecule has 1 aliphatic heterocycles. The van der Waals surface area contributed by atoms with Crippen molar-refractivity contribution in [1.82, 2.24) is 9.29 Å². The van der Waals surface area contributed by atoms with E-state index in [1.165, 1.54) is 11.3 Å². The number of hydrogen-bond acceptors (Lipinski definition) is 5. The second kappa shape index (κ2) is 10.3. The summed E-state index contributed by atoms with van der Waals surface area (Å²) in [5.74, 6) is 0.0148. The summed E-state index contributed by atoms with van der Waals surface area (Å²) in [5, 5.41) is 0.768. The lowest BCUT2D eigenvalue weighted by Gasteiger charge is -2.25. The van der Waals surface area contributed by atoms with Crippen LogP contribution in [0.3, 0.4) is 0 Å². The van der Waals surface area contributed by atoms with Crippen LogP contribution in [-0.4, -0.2) is 43.2 Å². The Labute approximate surface area is 195 Å². The Morgan fingerprint density at radius 3 is 2.50 bits per heavy atom.